The molecule has 29 heavy (non-hydrogen) atoms. The number of hydrogen-bond donors (Lipinski definition) is 0. The molecular formula is C22H20ClNO4S. The van der Waals surface area contributed by atoms with Gasteiger partial charge in [-0.15, -0.1) is 0 Å². The van der Waals surface area contributed by atoms with E-state index in [1.807, 2.05) is 13.0 Å². The van der Waals surface area contributed by atoms with Crippen molar-refractivity contribution in [3.63, 3.8) is 0 Å². The third-order valence-corrected chi connectivity index (χ3v) is 6.55. The number of para-hydroxylation sites is 1. The van der Waals surface area contributed by atoms with Crippen molar-refractivity contribution in [2.45, 2.75) is 18.7 Å². The van der Waals surface area contributed by atoms with Gasteiger partial charge in [-0.05, 0) is 55.3 Å². The van der Waals surface area contributed by atoms with Crippen molar-refractivity contribution in [1.82, 2.24) is 0 Å². The van der Waals surface area contributed by atoms with Crippen molar-refractivity contribution < 1.29 is 17.9 Å². The second-order valence-electron chi connectivity index (χ2n) is 6.41. The Kier molecular flexibility index (Phi) is 6.25. The molecule has 0 heterocycles. The number of amides is 1. The Bertz CT molecular complexity index is 1130. The third-order valence-electron chi connectivity index (χ3n) is 4.49. The van der Waals surface area contributed by atoms with E-state index in [0.29, 0.717) is 22.0 Å². The first-order valence-corrected chi connectivity index (χ1v) is 10.7. The summed E-state index contributed by atoms with van der Waals surface area (Å²) >= 11 is 6.07. The number of sulfonamides is 1. The van der Waals surface area contributed by atoms with E-state index in [2.05, 4.69) is 0 Å². The standard InChI is InChI=1S/C22H20ClNO4S/c1-16-9-8-13-20(17(16)2)24(29(26,27)18-10-4-3-5-11-18)22(25)15-28-21-14-7-6-12-19(21)23/h3-14H,15H2,1-2H3. The number of aryl methyl sites for hydroxylation is 1. The van der Waals surface area contributed by atoms with E-state index in [1.54, 1.807) is 61.5 Å². The molecule has 150 valence electrons. The van der Waals surface area contributed by atoms with Gasteiger partial charge in [-0.3, -0.25) is 4.79 Å². The topological polar surface area (TPSA) is 63.7 Å². The van der Waals surface area contributed by atoms with Crippen LogP contribution < -0.4 is 9.04 Å². The Morgan fingerprint density at radius 1 is 0.931 bits per heavy atom. The molecule has 0 spiro atoms. The highest BCUT2D eigenvalue weighted by Gasteiger charge is 2.32. The monoisotopic (exact) mass is 429 g/mol. The molecule has 3 aromatic rings. The van der Waals surface area contributed by atoms with E-state index >= 15 is 0 Å². The van der Waals surface area contributed by atoms with Crippen LogP contribution in [-0.2, 0) is 14.8 Å². The summed E-state index contributed by atoms with van der Waals surface area (Å²) < 4.78 is 33.0. The summed E-state index contributed by atoms with van der Waals surface area (Å²) in [5, 5.41) is 0.338. The molecule has 0 unspecified atom stereocenters. The summed E-state index contributed by atoms with van der Waals surface area (Å²) in [5.41, 5.74) is 1.86. The zero-order valence-electron chi connectivity index (χ0n) is 16.0. The third kappa shape index (κ3) is 4.44. The molecule has 0 aliphatic rings. The molecule has 1 amide bonds. The first kappa shape index (κ1) is 20.9. The van der Waals surface area contributed by atoms with Gasteiger partial charge in [-0.2, -0.15) is 4.31 Å². The van der Waals surface area contributed by atoms with Crippen molar-refractivity contribution in [1.29, 1.82) is 0 Å². The number of benzene rings is 3. The Hall–Kier alpha value is -2.83. The number of carbonyl (C=O) groups is 1. The zero-order chi connectivity index (χ0) is 21.0. The number of nitrogens with zero attached hydrogens (tertiary/aromatic N) is 1. The van der Waals surface area contributed by atoms with Crippen LogP contribution in [0, 0.1) is 13.8 Å². The minimum atomic E-state index is -4.14. The fraction of sp³-hybridized carbons (Fsp3) is 0.136. The molecule has 0 aromatic heterocycles. The molecule has 0 aliphatic heterocycles. The van der Waals surface area contributed by atoms with Crippen molar-refractivity contribution in [3.05, 3.63) is 88.9 Å². The first-order chi connectivity index (χ1) is 13.8. The SMILES string of the molecule is Cc1cccc(N(C(=O)COc2ccccc2Cl)S(=O)(=O)c2ccccc2)c1C. The first-order valence-electron chi connectivity index (χ1n) is 8.89. The van der Waals surface area contributed by atoms with Crippen LogP contribution >= 0.6 is 11.6 Å². The fourth-order valence-electron chi connectivity index (χ4n) is 2.81. The predicted octanol–water partition coefficient (Wildman–Crippen LogP) is 4.76. The van der Waals surface area contributed by atoms with E-state index in [1.165, 1.54) is 12.1 Å². The van der Waals surface area contributed by atoms with Crippen LogP contribution in [0.1, 0.15) is 11.1 Å². The quantitative estimate of drug-likeness (QED) is 0.566. The summed E-state index contributed by atoms with van der Waals surface area (Å²) in [6.07, 6.45) is 0. The maximum atomic E-state index is 13.3. The van der Waals surface area contributed by atoms with Crippen LogP contribution in [0.3, 0.4) is 0 Å². The lowest BCUT2D eigenvalue weighted by Gasteiger charge is -2.25. The van der Waals surface area contributed by atoms with Crippen molar-refractivity contribution >= 4 is 33.2 Å². The fourth-order valence-corrected chi connectivity index (χ4v) is 4.49. The normalized spacial score (nSPS) is 11.1. The van der Waals surface area contributed by atoms with E-state index < -0.39 is 22.5 Å². The highest BCUT2D eigenvalue weighted by Crippen LogP contribution is 2.29. The number of ether oxygens (including phenoxy) is 1. The minimum Gasteiger partial charge on any atom is -0.482 e. The van der Waals surface area contributed by atoms with E-state index in [0.717, 1.165) is 9.87 Å². The summed E-state index contributed by atoms with van der Waals surface area (Å²) in [5.74, 6) is -0.414. The average molecular weight is 430 g/mol. The Balaban J connectivity index is 2.02. The molecule has 3 aromatic carbocycles. The largest absolute Gasteiger partial charge is 0.482 e. The molecule has 0 radical (unpaired) electrons. The van der Waals surface area contributed by atoms with E-state index in [9.17, 15) is 13.2 Å². The summed E-state index contributed by atoms with van der Waals surface area (Å²) in [6, 6.07) is 19.7. The highest BCUT2D eigenvalue weighted by molar-refractivity contribution is 7.93. The molecule has 0 bridgehead atoms. The molecular weight excluding hydrogens is 410 g/mol. The number of carbonyl (C=O) groups excluding carboxylic acids is 1. The van der Waals surface area contributed by atoms with Crippen LogP contribution in [0.5, 0.6) is 5.75 Å². The summed E-state index contributed by atoms with van der Waals surface area (Å²) in [7, 11) is -4.14. The lowest BCUT2D eigenvalue weighted by atomic mass is 10.1. The molecule has 3 rings (SSSR count). The lowest BCUT2D eigenvalue weighted by molar-refractivity contribution is -0.119. The molecule has 0 saturated heterocycles. The Labute approximate surface area is 175 Å². The number of hydrogen-bond acceptors (Lipinski definition) is 4. The van der Waals surface area contributed by atoms with Gasteiger partial charge in [0.25, 0.3) is 15.9 Å². The number of anilines is 1. The summed E-state index contributed by atoms with van der Waals surface area (Å²) in [6.45, 7) is 3.15. The number of rotatable bonds is 6. The van der Waals surface area contributed by atoms with Gasteiger partial charge in [0.2, 0.25) is 0 Å². The summed E-state index contributed by atoms with van der Waals surface area (Å²) in [4.78, 5) is 13.1. The van der Waals surface area contributed by atoms with Crippen LogP contribution in [0.15, 0.2) is 77.7 Å². The maximum absolute atomic E-state index is 13.3. The molecule has 0 atom stereocenters. The van der Waals surface area contributed by atoms with Crippen molar-refractivity contribution in [3.8, 4) is 5.75 Å². The molecule has 0 fully saturated rings. The second kappa shape index (κ2) is 8.68. The smallest absolute Gasteiger partial charge is 0.278 e. The van der Waals surface area contributed by atoms with Crippen LogP contribution in [0.2, 0.25) is 5.02 Å². The maximum Gasteiger partial charge on any atom is 0.278 e. The van der Waals surface area contributed by atoms with Gasteiger partial charge in [0.05, 0.1) is 15.6 Å². The van der Waals surface area contributed by atoms with Crippen LogP contribution in [0.25, 0.3) is 0 Å². The van der Waals surface area contributed by atoms with Crippen LogP contribution in [0.4, 0.5) is 5.69 Å². The second-order valence-corrected chi connectivity index (χ2v) is 8.61. The molecule has 0 N–H and O–H groups in total. The van der Waals surface area contributed by atoms with Gasteiger partial charge in [0, 0.05) is 0 Å². The Morgan fingerprint density at radius 3 is 2.28 bits per heavy atom. The van der Waals surface area contributed by atoms with E-state index in [4.69, 9.17) is 16.3 Å². The molecule has 7 heteroatoms. The number of halogens is 1. The van der Waals surface area contributed by atoms with Gasteiger partial charge in [-0.25, -0.2) is 8.42 Å². The van der Waals surface area contributed by atoms with Gasteiger partial charge in [-0.1, -0.05) is 54.1 Å². The average Bonchev–Trinajstić information content (AvgIpc) is 2.71. The van der Waals surface area contributed by atoms with Gasteiger partial charge in [0.15, 0.2) is 6.61 Å². The molecule has 5 nitrogen and oxygen atoms in total. The van der Waals surface area contributed by atoms with Crippen molar-refractivity contribution in [2.24, 2.45) is 0 Å². The molecule has 0 saturated carbocycles. The minimum absolute atomic E-state index is 0.0204. The highest BCUT2D eigenvalue weighted by atomic mass is 35.5. The van der Waals surface area contributed by atoms with Gasteiger partial charge >= 0.3 is 0 Å². The van der Waals surface area contributed by atoms with Gasteiger partial charge < -0.3 is 4.74 Å². The lowest BCUT2D eigenvalue weighted by Crippen LogP contribution is -2.40. The Morgan fingerprint density at radius 2 is 1.59 bits per heavy atom. The van der Waals surface area contributed by atoms with Crippen molar-refractivity contribution in [2.75, 3.05) is 10.9 Å². The van der Waals surface area contributed by atoms with Gasteiger partial charge in [0.1, 0.15) is 5.75 Å². The van der Waals surface area contributed by atoms with Crippen LogP contribution in [-0.4, -0.2) is 20.9 Å². The van der Waals surface area contributed by atoms with E-state index in [-0.39, 0.29) is 4.90 Å². The molecule has 0 aliphatic carbocycles. The predicted molar refractivity (Wildman–Crippen MR) is 114 cm³/mol. The zero-order valence-corrected chi connectivity index (χ0v) is 17.6.